The molecule has 0 radical (unpaired) electrons. The highest BCUT2D eigenvalue weighted by Gasteiger charge is 2.27. The van der Waals surface area contributed by atoms with Gasteiger partial charge in [0.15, 0.2) is 0 Å². The van der Waals surface area contributed by atoms with E-state index in [-0.39, 0.29) is 23.6 Å². The minimum Gasteiger partial charge on any atom is -0.492 e. The van der Waals surface area contributed by atoms with Gasteiger partial charge in [-0.05, 0) is 58.0 Å². The van der Waals surface area contributed by atoms with E-state index in [9.17, 15) is 9.59 Å². The second-order valence-corrected chi connectivity index (χ2v) is 8.35. The molecule has 8 nitrogen and oxygen atoms in total. The van der Waals surface area contributed by atoms with Gasteiger partial charge >= 0.3 is 5.69 Å². The molecule has 0 bridgehead atoms. The molecule has 3 heterocycles. The van der Waals surface area contributed by atoms with Crippen molar-refractivity contribution in [3.63, 3.8) is 0 Å². The molecule has 1 atom stereocenters. The summed E-state index contributed by atoms with van der Waals surface area (Å²) < 4.78 is 8.89. The molecule has 2 aromatic rings. The maximum absolute atomic E-state index is 12.7. The van der Waals surface area contributed by atoms with E-state index in [1.807, 2.05) is 30.3 Å². The molecule has 1 aromatic carbocycles. The Balaban J connectivity index is 1.30. The van der Waals surface area contributed by atoms with E-state index in [0.29, 0.717) is 32.5 Å². The SMILES string of the molecule is CN1CCC(NC(=O)C2CCc3nn(CCOc4ccccc4)c(=O)n3CC2)CC1. The highest BCUT2D eigenvalue weighted by atomic mass is 16.5. The number of rotatable bonds is 6. The summed E-state index contributed by atoms with van der Waals surface area (Å²) in [6.45, 7) is 3.39. The molecule has 30 heavy (non-hydrogen) atoms. The Morgan fingerprint density at radius 1 is 1.13 bits per heavy atom. The van der Waals surface area contributed by atoms with Crippen LogP contribution in [0.15, 0.2) is 35.1 Å². The van der Waals surface area contributed by atoms with Gasteiger partial charge < -0.3 is 15.0 Å². The van der Waals surface area contributed by atoms with Crippen molar-refractivity contribution in [1.29, 1.82) is 0 Å². The number of fused-ring (bicyclic) bond motifs is 1. The zero-order chi connectivity index (χ0) is 20.9. The number of carbonyl (C=O) groups is 1. The van der Waals surface area contributed by atoms with Gasteiger partial charge in [0.2, 0.25) is 5.91 Å². The zero-order valence-electron chi connectivity index (χ0n) is 17.6. The smallest absolute Gasteiger partial charge is 0.346 e. The number of hydrogen-bond donors (Lipinski definition) is 1. The van der Waals surface area contributed by atoms with E-state index in [1.54, 1.807) is 4.57 Å². The van der Waals surface area contributed by atoms with Gasteiger partial charge in [0, 0.05) is 24.9 Å². The van der Waals surface area contributed by atoms with Gasteiger partial charge in [0.05, 0.1) is 6.54 Å². The fourth-order valence-corrected chi connectivity index (χ4v) is 4.27. The quantitative estimate of drug-likeness (QED) is 0.772. The lowest BCUT2D eigenvalue weighted by Crippen LogP contribution is -2.45. The van der Waals surface area contributed by atoms with E-state index in [0.717, 1.165) is 43.9 Å². The third-order valence-corrected chi connectivity index (χ3v) is 6.17. The number of nitrogens with one attached hydrogen (secondary N) is 1. The number of para-hydroxylation sites is 1. The van der Waals surface area contributed by atoms with Crippen LogP contribution >= 0.6 is 0 Å². The largest absolute Gasteiger partial charge is 0.492 e. The summed E-state index contributed by atoms with van der Waals surface area (Å²) in [7, 11) is 2.12. The molecule has 162 valence electrons. The lowest BCUT2D eigenvalue weighted by atomic mass is 9.97. The van der Waals surface area contributed by atoms with Crippen LogP contribution in [-0.4, -0.2) is 57.9 Å². The highest BCUT2D eigenvalue weighted by Crippen LogP contribution is 2.19. The van der Waals surface area contributed by atoms with Gasteiger partial charge in [-0.1, -0.05) is 18.2 Å². The number of likely N-dealkylation sites (tertiary alicyclic amines) is 1. The number of amides is 1. The molecule has 1 aromatic heterocycles. The Morgan fingerprint density at radius 2 is 1.90 bits per heavy atom. The molecule has 1 amide bonds. The summed E-state index contributed by atoms with van der Waals surface area (Å²) in [5, 5.41) is 7.74. The van der Waals surface area contributed by atoms with Crippen LogP contribution < -0.4 is 15.7 Å². The van der Waals surface area contributed by atoms with Crippen molar-refractivity contribution in [3.8, 4) is 5.75 Å². The molecular formula is C22H31N5O3. The van der Waals surface area contributed by atoms with Gasteiger partial charge in [0.1, 0.15) is 18.2 Å². The van der Waals surface area contributed by atoms with Crippen LogP contribution in [0, 0.1) is 5.92 Å². The average Bonchev–Trinajstić information content (AvgIpc) is 2.92. The van der Waals surface area contributed by atoms with Crippen LogP contribution in [0.3, 0.4) is 0 Å². The average molecular weight is 414 g/mol. The van der Waals surface area contributed by atoms with Crippen molar-refractivity contribution in [2.24, 2.45) is 5.92 Å². The molecule has 4 rings (SSSR count). The number of nitrogens with zero attached hydrogens (tertiary/aromatic N) is 4. The summed E-state index contributed by atoms with van der Waals surface area (Å²) in [5.74, 6) is 1.63. The first-order valence-corrected chi connectivity index (χ1v) is 10.9. The van der Waals surface area contributed by atoms with E-state index >= 15 is 0 Å². The van der Waals surface area contributed by atoms with Crippen molar-refractivity contribution in [1.82, 2.24) is 24.6 Å². The Morgan fingerprint density at radius 3 is 2.67 bits per heavy atom. The zero-order valence-corrected chi connectivity index (χ0v) is 17.6. The first-order valence-electron chi connectivity index (χ1n) is 10.9. The van der Waals surface area contributed by atoms with Crippen LogP contribution in [0.2, 0.25) is 0 Å². The first kappa shape index (κ1) is 20.7. The van der Waals surface area contributed by atoms with Crippen LogP contribution in [-0.2, 0) is 24.3 Å². The Kier molecular flexibility index (Phi) is 6.52. The summed E-state index contributed by atoms with van der Waals surface area (Å²) >= 11 is 0. The number of carbonyl (C=O) groups excluding carboxylic acids is 1. The molecule has 0 spiro atoms. The number of aromatic nitrogens is 3. The van der Waals surface area contributed by atoms with Crippen LogP contribution in [0.1, 0.15) is 31.5 Å². The van der Waals surface area contributed by atoms with Crippen LogP contribution in [0.25, 0.3) is 0 Å². The summed E-state index contributed by atoms with van der Waals surface area (Å²) in [4.78, 5) is 27.8. The molecule has 2 aliphatic rings. The molecule has 0 aliphatic carbocycles. The highest BCUT2D eigenvalue weighted by molar-refractivity contribution is 5.79. The molecule has 1 N–H and O–H groups in total. The minimum absolute atomic E-state index is 0.0550. The summed E-state index contributed by atoms with van der Waals surface area (Å²) in [5.41, 5.74) is -0.113. The van der Waals surface area contributed by atoms with Crippen molar-refractivity contribution >= 4 is 5.91 Å². The number of benzene rings is 1. The van der Waals surface area contributed by atoms with E-state index < -0.39 is 0 Å². The maximum atomic E-state index is 12.7. The summed E-state index contributed by atoms with van der Waals surface area (Å²) in [6, 6.07) is 9.82. The topological polar surface area (TPSA) is 81.4 Å². The molecule has 1 saturated heterocycles. The van der Waals surface area contributed by atoms with Gasteiger partial charge in [-0.3, -0.25) is 9.36 Å². The fourth-order valence-electron chi connectivity index (χ4n) is 4.27. The number of piperidine rings is 1. The maximum Gasteiger partial charge on any atom is 0.346 e. The van der Waals surface area contributed by atoms with Crippen molar-refractivity contribution < 1.29 is 9.53 Å². The Labute approximate surface area is 176 Å². The first-order chi connectivity index (χ1) is 14.6. The molecule has 2 aliphatic heterocycles. The molecule has 1 fully saturated rings. The third kappa shape index (κ3) is 4.92. The fraction of sp³-hybridized carbons (Fsp3) is 0.591. The molecule has 1 unspecified atom stereocenters. The summed E-state index contributed by atoms with van der Waals surface area (Å²) in [6.07, 6.45) is 4.07. The van der Waals surface area contributed by atoms with E-state index in [2.05, 4.69) is 22.4 Å². The molecule has 0 saturated carbocycles. The number of ether oxygens (including phenoxy) is 1. The molecule has 8 heteroatoms. The standard InChI is InChI=1S/C22H31N5O3/c1-25-12-10-18(11-13-25)23-21(28)17-7-8-20-24-27(22(29)26(20)14-9-17)15-16-30-19-5-3-2-4-6-19/h2-6,17-18H,7-16H2,1H3,(H,23,28). The lowest BCUT2D eigenvalue weighted by molar-refractivity contribution is -0.126. The Bertz CT molecular complexity index is 899. The number of aryl methyl sites for hydroxylation is 1. The van der Waals surface area contributed by atoms with Crippen LogP contribution in [0.5, 0.6) is 5.75 Å². The van der Waals surface area contributed by atoms with Gasteiger partial charge in [-0.2, -0.15) is 5.10 Å². The predicted octanol–water partition coefficient (Wildman–Crippen LogP) is 1.29. The lowest BCUT2D eigenvalue weighted by Gasteiger charge is -2.30. The minimum atomic E-state index is -0.113. The van der Waals surface area contributed by atoms with E-state index in [1.165, 1.54) is 4.68 Å². The normalized spacial score (nSPS) is 20.4. The third-order valence-electron chi connectivity index (χ3n) is 6.17. The van der Waals surface area contributed by atoms with Crippen molar-refractivity contribution in [2.75, 3.05) is 26.7 Å². The number of hydrogen-bond acceptors (Lipinski definition) is 5. The van der Waals surface area contributed by atoms with E-state index in [4.69, 9.17) is 4.74 Å². The van der Waals surface area contributed by atoms with Gasteiger partial charge in [-0.15, -0.1) is 0 Å². The van der Waals surface area contributed by atoms with Crippen molar-refractivity contribution in [3.05, 3.63) is 46.6 Å². The predicted molar refractivity (Wildman–Crippen MR) is 114 cm³/mol. The van der Waals surface area contributed by atoms with Crippen LogP contribution in [0.4, 0.5) is 0 Å². The van der Waals surface area contributed by atoms with Gasteiger partial charge in [-0.25, -0.2) is 9.48 Å². The molecular weight excluding hydrogens is 382 g/mol. The van der Waals surface area contributed by atoms with Gasteiger partial charge in [0.25, 0.3) is 0 Å². The Hall–Kier alpha value is -2.61. The van der Waals surface area contributed by atoms with Crippen molar-refractivity contribution in [2.45, 2.75) is 51.2 Å². The second kappa shape index (κ2) is 9.47. The monoisotopic (exact) mass is 413 g/mol. The second-order valence-electron chi connectivity index (χ2n) is 8.35.